The number of hydrogen-bond acceptors (Lipinski definition) is 3. The fourth-order valence-electron chi connectivity index (χ4n) is 6.62. The lowest BCUT2D eigenvalue weighted by Crippen LogP contribution is -1.96. The molecule has 0 saturated heterocycles. The number of hydrogen-bond donors (Lipinski definition) is 0. The maximum absolute atomic E-state index is 5.40. The predicted octanol–water partition coefficient (Wildman–Crippen LogP) is 6.73. The first-order chi connectivity index (χ1) is 17.4. The van der Waals surface area contributed by atoms with Crippen LogP contribution in [0.5, 0.6) is 0 Å². The highest BCUT2D eigenvalue weighted by Gasteiger charge is 2.34. The van der Waals surface area contributed by atoms with Gasteiger partial charge in [-0.3, -0.25) is 14.4 Å². The van der Waals surface area contributed by atoms with E-state index in [1.54, 1.807) is 0 Å². The van der Waals surface area contributed by atoms with Crippen molar-refractivity contribution in [2.75, 3.05) is 0 Å². The summed E-state index contributed by atoms with van der Waals surface area (Å²) in [6, 6.07) is 22.0. The molecule has 0 N–H and O–H groups in total. The molecule has 0 saturated carbocycles. The lowest BCUT2D eigenvalue weighted by atomic mass is 9.92. The smallest absolute Gasteiger partial charge is 0.146 e. The number of aromatic nitrogens is 4. The third-order valence-electron chi connectivity index (χ3n) is 8.00. The molecule has 0 radical (unpaired) electrons. The zero-order chi connectivity index (χ0) is 22.7. The third kappa shape index (κ3) is 2.07. The highest BCUT2D eigenvalue weighted by molar-refractivity contribution is 6.15. The maximum Gasteiger partial charge on any atom is 0.146 e. The lowest BCUT2D eigenvalue weighted by molar-refractivity contribution is 1.22. The summed E-state index contributed by atoms with van der Waals surface area (Å²) < 4.78 is 2.37. The normalized spacial score (nSPS) is 13.5. The van der Waals surface area contributed by atoms with Gasteiger partial charge in [-0.2, -0.15) is 0 Å². The van der Waals surface area contributed by atoms with E-state index in [1.165, 1.54) is 50.0 Å². The van der Waals surface area contributed by atoms with Crippen LogP contribution in [0.15, 0.2) is 85.5 Å². The van der Waals surface area contributed by atoms with E-state index in [4.69, 9.17) is 4.98 Å². The van der Waals surface area contributed by atoms with Crippen LogP contribution in [0.2, 0.25) is 0 Å². The number of imidazole rings is 1. The lowest BCUT2D eigenvalue weighted by Gasteiger charge is -2.13. The van der Waals surface area contributed by atoms with Crippen LogP contribution in [0, 0.1) is 0 Å². The zero-order valence-electron chi connectivity index (χ0n) is 18.8. The van der Waals surface area contributed by atoms with Gasteiger partial charge in [0.2, 0.25) is 0 Å². The SMILES string of the molecule is c1ccc2c(c1)Cc1c-2c2c(c3c1nc1c4ccncc4c4ccncc4n13)Cc1ccccc1-2. The van der Waals surface area contributed by atoms with Gasteiger partial charge in [-0.05, 0) is 56.6 Å². The van der Waals surface area contributed by atoms with Crippen molar-refractivity contribution in [1.29, 1.82) is 0 Å². The topological polar surface area (TPSA) is 43.1 Å². The number of rotatable bonds is 0. The Morgan fingerprint density at radius 3 is 2.09 bits per heavy atom. The van der Waals surface area contributed by atoms with Gasteiger partial charge < -0.3 is 0 Å². The Labute approximate surface area is 200 Å². The largest absolute Gasteiger partial charge is 0.290 e. The van der Waals surface area contributed by atoms with Crippen LogP contribution < -0.4 is 0 Å². The quantitative estimate of drug-likeness (QED) is 0.243. The highest BCUT2D eigenvalue weighted by atomic mass is 15.0. The monoisotopic (exact) mass is 446 g/mol. The molecule has 0 atom stereocenters. The minimum atomic E-state index is 0.914. The molecule has 0 fully saturated rings. The van der Waals surface area contributed by atoms with Gasteiger partial charge in [0.15, 0.2) is 0 Å². The first-order valence-corrected chi connectivity index (χ1v) is 12.0. The molecule has 9 rings (SSSR count). The van der Waals surface area contributed by atoms with E-state index in [2.05, 4.69) is 75.0 Å². The van der Waals surface area contributed by atoms with Crippen molar-refractivity contribution >= 4 is 38.4 Å². The van der Waals surface area contributed by atoms with Crippen LogP contribution >= 0.6 is 0 Å². The Morgan fingerprint density at radius 1 is 0.629 bits per heavy atom. The summed E-state index contributed by atoms with van der Waals surface area (Å²) in [6.07, 6.45) is 9.51. The van der Waals surface area contributed by atoms with E-state index in [-0.39, 0.29) is 0 Å². The van der Waals surface area contributed by atoms with Crippen LogP contribution in [0.25, 0.3) is 60.6 Å². The summed E-state index contributed by atoms with van der Waals surface area (Å²) in [5.41, 5.74) is 15.4. The standard InChI is InChI=1S/C31H18N4/c1-3-7-19-17(5-1)13-23-27(19)28-20-8-4-2-6-18(20)14-24(28)30-29(23)34-31-22-10-12-32-15-25(22)21-9-11-33-16-26(21)35(30)31/h1-12,15-16H,13-14H2. The van der Waals surface area contributed by atoms with Gasteiger partial charge in [-0.15, -0.1) is 0 Å². The van der Waals surface area contributed by atoms with Gasteiger partial charge in [0, 0.05) is 47.6 Å². The fraction of sp³-hybridized carbons (Fsp3) is 0.0645. The molecule has 162 valence electrons. The second-order valence-corrected chi connectivity index (χ2v) is 9.66. The average Bonchev–Trinajstić information content (AvgIpc) is 3.60. The van der Waals surface area contributed by atoms with Crippen molar-refractivity contribution < 1.29 is 0 Å². The van der Waals surface area contributed by atoms with Crippen molar-refractivity contribution in [2.24, 2.45) is 0 Å². The number of pyridine rings is 3. The van der Waals surface area contributed by atoms with E-state index in [0.29, 0.717) is 0 Å². The molecule has 35 heavy (non-hydrogen) atoms. The van der Waals surface area contributed by atoms with Gasteiger partial charge in [-0.25, -0.2) is 4.98 Å². The van der Waals surface area contributed by atoms with E-state index in [0.717, 1.165) is 45.7 Å². The molecule has 0 aliphatic heterocycles. The zero-order valence-corrected chi connectivity index (χ0v) is 18.8. The van der Waals surface area contributed by atoms with Crippen molar-refractivity contribution in [2.45, 2.75) is 12.8 Å². The summed E-state index contributed by atoms with van der Waals surface area (Å²) >= 11 is 0. The minimum Gasteiger partial charge on any atom is -0.290 e. The fourth-order valence-corrected chi connectivity index (χ4v) is 6.62. The Kier molecular flexibility index (Phi) is 3.11. The van der Waals surface area contributed by atoms with Crippen molar-refractivity contribution in [3.8, 4) is 22.3 Å². The Bertz CT molecular complexity index is 2070. The Balaban J connectivity index is 1.59. The molecular formula is C31H18N4. The summed E-state index contributed by atoms with van der Waals surface area (Å²) in [7, 11) is 0. The molecule has 7 aromatic rings. The molecule has 2 aliphatic carbocycles. The molecular weight excluding hydrogens is 428 g/mol. The third-order valence-corrected chi connectivity index (χ3v) is 8.00. The average molecular weight is 447 g/mol. The summed E-state index contributed by atoms with van der Waals surface area (Å²) in [6.45, 7) is 0. The number of benzene rings is 3. The molecule has 4 nitrogen and oxygen atoms in total. The number of fused-ring (bicyclic) bond motifs is 17. The van der Waals surface area contributed by atoms with Crippen LogP contribution in [-0.2, 0) is 12.8 Å². The van der Waals surface area contributed by atoms with Crippen LogP contribution in [0.3, 0.4) is 0 Å². The molecule has 4 heterocycles. The Morgan fingerprint density at radius 2 is 1.29 bits per heavy atom. The molecule has 0 unspecified atom stereocenters. The molecule has 2 aliphatic rings. The molecule has 0 spiro atoms. The van der Waals surface area contributed by atoms with E-state index >= 15 is 0 Å². The molecule has 4 heteroatoms. The molecule has 3 aromatic carbocycles. The summed E-state index contributed by atoms with van der Waals surface area (Å²) in [5.74, 6) is 0. The first-order valence-electron chi connectivity index (χ1n) is 12.0. The maximum atomic E-state index is 5.40. The van der Waals surface area contributed by atoms with Crippen LogP contribution in [-0.4, -0.2) is 19.4 Å². The molecule has 0 amide bonds. The first kappa shape index (κ1) is 17.8. The van der Waals surface area contributed by atoms with Crippen LogP contribution in [0.1, 0.15) is 22.3 Å². The van der Waals surface area contributed by atoms with E-state index in [9.17, 15) is 0 Å². The van der Waals surface area contributed by atoms with Crippen molar-refractivity contribution in [3.63, 3.8) is 0 Å². The summed E-state index contributed by atoms with van der Waals surface area (Å²) in [5, 5.41) is 3.40. The molecule has 0 bridgehead atoms. The van der Waals surface area contributed by atoms with Crippen molar-refractivity contribution in [1.82, 2.24) is 19.4 Å². The van der Waals surface area contributed by atoms with Gasteiger partial charge in [0.25, 0.3) is 0 Å². The second kappa shape index (κ2) is 6.10. The van der Waals surface area contributed by atoms with Gasteiger partial charge in [0.1, 0.15) is 5.65 Å². The highest BCUT2D eigenvalue weighted by Crippen LogP contribution is 2.53. The number of nitrogens with zero attached hydrogens (tertiary/aromatic N) is 4. The minimum absolute atomic E-state index is 0.914. The van der Waals surface area contributed by atoms with E-state index in [1.807, 2.05) is 24.8 Å². The summed E-state index contributed by atoms with van der Waals surface area (Å²) in [4.78, 5) is 14.4. The van der Waals surface area contributed by atoms with Gasteiger partial charge >= 0.3 is 0 Å². The van der Waals surface area contributed by atoms with Crippen molar-refractivity contribution in [3.05, 3.63) is 108 Å². The van der Waals surface area contributed by atoms with Crippen LogP contribution in [0.4, 0.5) is 0 Å². The Hall–Kier alpha value is -4.57. The van der Waals surface area contributed by atoms with Gasteiger partial charge in [0.05, 0.1) is 22.7 Å². The predicted molar refractivity (Wildman–Crippen MR) is 140 cm³/mol. The molecule has 4 aromatic heterocycles. The van der Waals surface area contributed by atoms with Gasteiger partial charge in [-0.1, -0.05) is 48.5 Å². The second-order valence-electron chi connectivity index (χ2n) is 9.66. The van der Waals surface area contributed by atoms with E-state index < -0.39 is 0 Å².